The highest BCUT2D eigenvalue weighted by atomic mass is 35.5. The summed E-state index contributed by atoms with van der Waals surface area (Å²) in [5, 5.41) is 0. The van der Waals surface area contributed by atoms with Crippen molar-refractivity contribution in [1.29, 1.82) is 0 Å². The summed E-state index contributed by atoms with van der Waals surface area (Å²) in [4.78, 5) is 17.9. The Balaban J connectivity index is 0.00000225. The number of methoxy groups -OCH3 is 1. The maximum absolute atomic E-state index is 13.2. The van der Waals surface area contributed by atoms with Gasteiger partial charge in [-0.15, -0.1) is 12.4 Å². The topological polar surface area (TPSA) is 65.2 Å². The molecule has 0 bridgehead atoms. The summed E-state index contributed by atoms with van der Waals surface area (Å²) in [6.45, 7) is 0.384. The lowest BCUT2D eigenvalue weighted by Crippen LogP contribution is -2.23. The zero-order chi connectivity index (χ0) is 18.8. The zero-order valence-electron chi connectivity index (χ0n) is 16.4. The minimum atomic E-state index is 0. The fourth-order valence-electron chi connectivity index (χ4n) is 4.30. The molecule has 1 aromatic heterocycles. The lowest BCUT2D eigenvalue weighted by molar-refractivity contribution is 0.0877. The van der Waals surface area contributed by atoms with E-state index < -0.39 is 0 Å². The number of benzene rings is 1. The van der Waals surface area contributed by atoms with Crippen LogP contribution in [0.25, 0.3) is 0 Å². The predicted octanol–water partition coefficient (Wildman–Crippen LogP) is 5.00. The van der Waals surface area contributed by atoms with Crippen molar-refractivity contribution in [2.75, 3.05) is 7.11 Å². The average Bonchev–Trinajstić information content (AvgIpc) is 3.58. The maximum atomic E-state index is 13.2. The number of hydrogen-bond acceptors (Lipinski definition) is 4. The average molecular weight is 401 g/mol. The second-order valence-electron chi connectivity index (χ2n) is 7.90. The zero-order valence-corrected chi connectivity index (χ0v) is 17.2. The number of pyridine rings is 1. The number of nitrogens with two attached hydrogens (primary N) is 1. The van der Waals surface area contributed by atoms with Crippen LogP contribution >= 0.6 is 12.4 Å². The van der Waals surface area contributed by atoms with Crippen molar-refractivity contribution in [3.05, 3.63) is 58.9 Å². The fraction of sp³-hybridized carbons (Fsp3) is 0.478. The summed E-state index contributed by atoms with van der Waals surface area (Å²) in [5.41, 5.74) is 9.77. The van der Waals surface area contributed by atoms with Crippen molar-refractivity contribution in [3.8, 4) is 5.75 Å². The Morgan fingerprint density at radius 2 is 1.64 bits per heavy atom. The third-order valence-electron chi connectivity index (χ3n) is 6.13. The highest BCUT2D eigenvalue weighted by molar-refractivity contribution is 5.97. The molecule has 2 aliphatic carbocycles. The standard InChI is InChI=1S/C23H28N2O2.ClH/c1-27-20-11-8-16(9-12-20)15-2-6-18(7-3-15)23(26)22-21(17-4-5-17)13-10-19(14-24)25-22;/h8-13,15,17-18H,2-7,14,24H2,1H3;1H. The lowest BCUT2D eigenvalue weighted by atomic mass is 9.76. The number of ether oxygens (including phenoxy) is 1. The Morgan fingerprint density at radius 1 is 1.00 bits per heavy atom. The maximum Gasteiger partial charge on any atom is 0.184 e. The van der Waals surface area contributed by atoms with Crippen molar-refractivity contribution in [3.63, 3.8) is 0 Å². The molecule has 0 atom stereocenters. The Morgan fingerprint density at radius 3 is 2.21 bits per heavy atom. The molecule has 0 saturated heterocycles. The molecule has 2 fully saturated rings. The number of ketones is 1. The van der Waals surface area contributed by atoms with Crippen molar-refractivity contribution in [1.82, 2.24) is 4.98 Å². The van der Waals surface area contributed by atoms with Crippen LogP contribution in [0.15, 0.2) is 36.4 Å². The number of carbonyl (C=O) groups excluding carboxylic acids is 1. The van der Waals surface area contributed by atoms with E-state index in [1.165, 1.54) is 18.4 Å². The van der Waals surface area contributed by atoms with Crippen LogP contribution in [0.3, 0.4) is 0 Å². The first-order valence-corrected chi connectivity index (χ1v) is 10.1. The quantitative estimate of drug-likeness (QED) is 0.692. The third-order valence-corrected chi connectivity index (χ3v) is 6.13. The molecule has 2 saturated carbocycles. The van der Waals surface area contributed by atoms with Gasteiger partial charge in [0.25, 0.3) is 0 Å². The molecule has 4 nitrogen and oxygen atoms in total. The number of carbonyl (C=O) groups is 1. The normalized spacial score (nSPS) is 21.6. The van der Waals surface area contributed by atoms with Crippen LogP contribution in [0.1, 0.15) is 77.7 Å². The van der Waals surface area contributed by atoms with E-state index in [2.05, 4.69) is 23.2 Å². The minimum absolute atomic E-state index is 0. The number of hydrogen-bond donors (Lipinski definition) is 1. The van der Waals surface area contributed by atoms with Crippen molar-refractivity contribution >= 4 is 18.2 Å². The fourth-order valence-corrected chi connectivity index (χ4v) is 4.30. The largest absolute Gasteiger partial charge is 0.497 e. The van der Waals surface area contributed by atoms with Crippen LogP contribution in [0, 0.1) is 5.92 Å². The summed E-state index contributed by atoms with van der Waals surface area (Å²) in [7, 11) is 1.69. The van der Waals surface area contributed by atoms with Crippen LogP contribution in [-0.4, -0.2) is 17.9 Å². The van der Waals surface area contributed by atoms with Crippen LogP contribution in [0.2, 0.25) is 0 Å². The predicted molar refractivity (Wildman–Crippen MR) is 113 cm³/mol. The Kier molecular flexibility index (Phi) is 6.73. The van der Waals surface area contributed by atoms with Gasteiger partial charge in [-0.3, -0.25) is 4.79 Å². The molecule has 4 rings (SSSR count). The highest BCUT2D eigenvalue weighted by Gasteiger charge is 2.33. The van der Waals surface area contributed by atoms with E-state index in [9.17, 15) is 4.79 Å². The summed E-state index contributed by atoms with van der Waals surface area (Å²) < 4.78 is 5.25. The third kappa shape index (κ3) is 4.39. The monoisotopic (exact) mass is 400 g/mol. The molecule has 0 radical (unpaired) electrons. The number of rotatable bonds is 6. The van der Waals surface area contributed by atoms with Crippen LogP contribution < -0.4 is 10.5 Å². The van der Waals surface area contributed by atoms with Gasteiger partial charge in [0.1, 0.15) is 11.4 Å². The highest BCUT2D eigenvalue weighted by Crippen LogP contribution is 2.43. The van der Waals surface area contributed by atoms with Crippen LogP contribution in [-0.2, 0) is 6.54 Å². The lowest BCUT2D eigenvalue weighted by Gasteiger charge is -2.28. The molecule has 2 N–H and O–H groups in total. The van der Waals surface area contributed by atoms with Crippen LogP contribution in [0.4, 0.5) is 0 Å². The van der Waals surface area contributed by atoms with Gasteiger partial charge in [-0.2, -0.15) is 0 Å². The molecule has 0 unspecified atom stereocenters. The number of halogens is 1. The molecule has 2 aliphatic rings. The Hall–Kier alpha value is -1.91. The van der Waals surface area contributed by atoms with E-state index in [1.54, 1.807) is 7.11 Å². The molecule has 1 aromatic carbocycles. The van der Waals surface area contributed by atoms with Gasteiger partial charge >= 0.3 is 0 Å². The Labute approximate surface area is 173 Å². The van der Waals surface area contributed by atoms with Gasteiger partial charge in [0.2, 0.25) is 0 Å². The molecule has 0 amide bonds. The van der Waals surface area contributed by atoms with Crippen LogP contribution in [0.5, 0.6) is 5.75 Å². The number of Topliss-reactive ketones (excluding diaryl/α,β-unsaturated/α-hetero) is 1. The second-order valence-corrected chi connectivity index (χ2v) is 7.90. The molecular weight excluding hydrogens is 372 g/mol. The number of nitrogens with zero attached hydrogens (tertiary/aromatic N) is 1. The van der Waals surface area contributed by atoms with Crippen molar-refractivity contribution < 1.29 is 9.53 Å². The SMILES string of the molecule is COc1ccc(C2CCC(C(=O)c3nc(CN)ccc3C3CC3)CC2)cc1.Cl. The van der Waals surface area contributed by atoms with Crippen molar-refractivity contribution in [2.24, 2.45) is 11.7 Å². The van der Waals surface area contributed by atoms with E-state index in [-0.39, 0.29) is 24.1 Å². The van der Waals surface area contributed by atoms with E-state index in [4.69, 9.17) is 10.5 Å². The molecule has 2 aromatic rings. The first-order valence-electron chi connectivity index (χ1n) is 10.1. The summed E-state index contributed by atoms with van der Waals surface area (Å²) >= 11 is 0. The first kappa shape index (κ1) is 20.8. The molecular formula is C23H29ClN2O2. The van der Waals surface area contributed by atoms with E-state index in [0.29, 0.717) is 24.1 Å². The Bertz CT molecular complexity index is 810. The van der Waals surface area contributed by atoms with Gasteiger partial charge in [-0.25, -0.2) is 4.98 Å². The van der Waals surface area contributed by atoms with Gasteiger partial charge in [0, 0.05) is 12.5 Å². The summed E-state index contributed by atoms with van der Waals surface area (Å²) in [6.07, 6.45) is 6.33. The molecule has 0 spiro atoms. The summed E-state index contributed by atoms with van der Waals surface area (Å²) in [6, 6.07) is 12.4. The van der Waals surface area contributed by atoms with Gasteiger partial charge in [0.15, 0.2) is 5.78 Å². The van der Waals surface area contributed by atoms with Gasteiger partial charge in [-0.05, 0) is 79.7 Å². The molecule has 150 valence electrons. The van der Waals surface area contributed by atoms with E-state index in [1.807, 2.05) is 18.2 Å². The molecule has 5 heteroatoms. The first-order chi connectivity index (χ1) is 13.2. The summed E-state index contributed by atoms with van der Waals surface area (Å²) in [5.74, 6) is 2.28. The molecule has 1 heterocycles. The molecule has 0 aliphatic heterocycles. The molecule has 28 heavy (non-hydrogen) atoms. The number of aromatic nitrogens is 1. The minimum Gasteiger partial charge on any atom is -0.497 e. The van der Waals surface area contributed by atoms with Crippen molar-refractivity contribution in [2.45, 2.75) is 56.9 Å². The smallest absolute Gasteiger partial charge is 0.184 e. The van der Waals surface area contributed by atoms with Gasteiger partial charge in [0.05, 0.1) is 12.8 Å². The van der Waals surface area contributed by atoms with E-state index >= 15 is 0 Å². The van der Waals surface area contributed by atoms with Gasteiger partial charge in [-0.1, -0.05) is 18.2 Å². The van der Waals surface area contributed by atoms with Gasteiger partial charge < -0.3 is 10.5 Å². The van der Waals surface area contributed by atoms with E-state index in [0.717, 1.165) is 42.7 Å². The second kappa shape index (κ2) is 9.06.